The molecule has 0 bridgehead atoms. The van der Waals surface area contributed by atoms with Crippen molar-refractivity contribution in [1.82, 2.24) is 10.2 Å². The Morgan fingerprint density at radius 3 is 2.41 bits per heavy atom. The van der Waals surface area contributed by atoms with Gasteiger partial charge in [-0.1, -0.05) is 38.1 Å². The van der Waals surface area contributed by atoms with Crippen LogP contribution in [0.25, 0.3) is 6.08 Å². The number of likely N-dealkylation sites (N-methyl/N-ethyl adjacent to an activating group) is 1. The summed E-state index contributed by atoms with van der Waals surface area (Å²) in [6.07, 6.45) is 4.82. The molecular weight excluding hydrogens is 432 g/mol. The lowest BCUT2D eigenvalue weighted by Crippen LogP contribution is -2.29. The van der Waals surface area contributed by atoms with Gasteiger partial charge in [-0.2, -0.15) is 0 Å². The standard InChI is InChI=1S/C27H36N2O5/c1-6-17-33-24-15-13-20(18-25(24)32-8-3)14-16-26(30)28-22(7-2)21-11-9-10-12-23(21)34-19-27(31)29(4)5/h9-16,18,22H,6-8,17,19H2,1-5H3,(H,28,30). The van der Waals surface area contributed by atoms with Crippen molar-refractivity contribution in [2.24, 2.45) is 0 Å². The fraction of sp³-hybridized carbons (Fsp3) is 0.407. The van der Waals surface area contributed by atoms with Crippen LogP contribution in [0.4, 0.5) is 0 Å². The maximum absolute atomic E-state index is 12.7. The largest absolute Gasteiger partial charge is 0.490 e. The highest BCUT2D eigenvalue weighted by Crippen LogP contribution is 2.30. The minimum absolute atomic E-state index is 0.0611. The fourth-order valence-corrected chi connectivity index (χ4v) is 3.19. The van der Waals surface area contributed by atoms with Crippen LogP contribution in [0.15, 0.2) is 48.5 Å². The van der Waals surface area contributed by atoms with Gasteiger partial charge in [-0.05, 0) is 49.6 Å². The molecule has 2 amide bonds. The Bertz CT molecular complexity index is 971. The van der Waals surface area contributed by atoms with Gasteiger partial charge in [0.05, 0.1) is 19.3 Å². The lowest BCUT2D eigenvalue weighted by molar-refractivity contribution is -0.130. The van der Waals surface area contributed by atoms with Gasteiger partial charge in [0.15, 0.2) is 18.1 Å². The minimum atomic E-state index is -0.258. The topological polar surface area (TPSA) is 77.1 Å². The maximum atomic E-state index is 12.7. The molecule has 0 radical (unpaired) electrons. The molecule has 7 heteroatoms. The summed E-state index contributed by atoms with van der Waals surface area (Å²) >= 11 is 0. The molecule has 0 fully saturated rings. The van der Waals surface area contributed by atoms with E-state index in [2.05, 4.69) is 5.32 Å². The molecule has 0 saturated carbocycles. The van der Waals surface area contributed by atoms with Crippen molar-refractivity contribution in [3.63, 3.8) is 0 Å². The highest BCUT2D eigenvalue weighted by atomic mass is 16.5. The van der Waals surface area contributed by atoms with Crippen LogP contribution in [0.1, 0.15) is 50.8 Å². The first-order valence-electron chi connectivity index (χ1n) is 11.7. The number of ether oxygens (including phenoxy) is 3. The third-order valence-corrected chi connectivity index (χ3v) is 5.03. The first kappa shape index (κ1) is 26.8. The van der Waals surface area contributed by atoms with Crippen LogP contribution in [0.3, 0.4) is 0 Å². The first-order valence-corrected chi connectivity index (χ1v) is 11.7. The average Bonchev–Trinajstić information content (AvgIpc) is 2.84. The van der Waals surface area contributed by atoms with E-state index in [1.165, 1.54) is 11.0 Å². The molecule has 7 nitrogen and oxygen atoms in total. The molecule has 1 atom stereocenters. The molecule has 2 aromatic rings. The van der Waals surface area contributed by atoms with Crippen LogP contribution in [0.2, 0.25) is 0 Å². The zero-order chi connectivity index (χ0) is 24.9. The van der Waals surface area contributed by atoms with E-state index < -0.39 is 0 Å². The number of carbonyl (C=O) groups is 2. The van der Waals surface area contributed by atoms with Crippen molar-refractivity contribution < 1.29 is 23.8 Å². The normalized spacial score (nSPS) is 11.7. The molecule has 1 unspecified atom stereocenters. The molecule has 2 rings (SSSR count). The second-order valence-corrected chi connectivity index (χ2v) is 7.91. The van der Waals surface area contributed by atoms with E-state index >= 15 is 0 Å². The Balaban J connectivity index is 2.10. The molecule has 1 N–H and O–H groups in total. The summed E-state index contributed by atoms with van der Waals surface area (Å²) in [6, 6.07) is 12.8. The summed E-state index contributed by atoms with van der Waals surface area (Å²) in [5, 5.41) is 3.03. The summed E-state index contributed by atoms with van der Waals surface area (Å²) in [5.74, 6) is 1.57. The van der Waals surface area contributed by atoms with Gasteiger partial charge in [0.2, 0.25) is 5.91 Å². The number of nitrogens with one attached hydrogen (secondary N) is 1. The van der Waals surface area contributed by atoms with E-state index in [0.717, 1.165) is 17.5 Å². The van der Waals surface area contributed by atoms with Gasteiger partial charge >= 0.3 is 0 Å². The number of hydrogen-bond acceptors (Lipinski definition) is 5. The average molecular weight is 469 g/mol. The number of amides is 2. The van der Waals surface area contributed by atoms with Gasteiger partial charge in [0.1, 0.15) is 5.75 Å². The SMILES string of the molecule is CCCOc1ccc(C=CC(=O)NC(CC)c2ccccc2OCC(=O)N(C)C)cc1OCC. The van der Waals surface area contributed by atoms with Crippen LogP contribution in [-0.4, -0.2) is 50.6 Å². The van der Waals surface area contributed by atoms with Gasteiger partial charge in [-0.15, -0.1) is 0 Å². The number of nitrogens with zero attached hydrogens (tertiary/aromatic N) is 1. The van der Waals surface area contributed by atoms with Crippen molar-refractivity contribution >= 4 is 17.9 Å². The van der Waals surface area contributed by atoms with Gasteiger partial charge < -0.3 is 24.4 Å². The van der Waals surface area contributed by atoms with Crippen LogP contribution in [-0.2, 0) is 9.59 Å². The second kappa shape index (κ2) is 13.9. The second-order valence-electron chi connectivity index (χ2n) is 7.91. The summed E-state index contributed by atoms with van der Waals surface area (Å²) < 4.78 is 17.2. The lowest BCUT2D eigenvalue weighted by atomic mass is 10.0. The number of rotatable bonds is 13. The lowest BCUT2D eigenvalue weighted by Gasteiger charge is -2.20. The molecule has 2 aromatic carbocycles. The number of benzene rings is 2. The molecular formula is C27H36N2O5. The summed E-state index contributed by atoms with van der Waals surface area (Å²) in [4.78, 5) is 26.1. The predicted octanol–water partition coefficient (Wildman–Crippen LogP) is 4.62. The summed E-state index contributed by atoms with van der Waals surface area (Å²) in [7, 11) is 3.37. The number of para-hydroxylation sites is 1. The summed E-state index contributed by atoms with van der Waals surface area (Å²) in [5.41, 5.74) is 1.66. The molecule has 0 aromatic heterocycles. The number of carbonyl (C=O) groups excluding carboxylic acids is 2. The Kier molecular flexibility index (Phi) is 11.0. The van der Waals surface area contributed by atoms with Crippen molar-refractivity contribution in [2.45, 2.75) is 39.7 Å². The van der Waals surface area contributed by atoms with E-state index in [9.17, 15) is 9.59 Å². The molecule has 0 saturated heterocycles. The molecule has 184 valence electrons. The Morgan fingerprint density at radius 1 is 0.971 bits per heavy atom. The Labute approximate surface area is 202 Å². The zero-order valence-corrected chi connectivity index (χ0v) is 20.8. The van der Waals surface area contributed by atoms with Crippen molar-refractivity contribution in [3.05, 3.63) is 59.7 Å². The Morgan fingerprint density at radius 2 is 1.74 bits per heavy atom. The smallest absolute Gasteiger partial charge is 0.259 e. The molecule has 0 aliphatic heterocycles. The van der Waals surface area contributed by atoms with Crippen LogP contribution in [0, 0.1) is 0 Å². The molecule has 0 heterocycles. The van der Waals surface area contributed by atoms with Gasteiger partial charge in [0.25, 0.3) is 5.91 Å². The van der Waals surface area contributed by atoms with Crippen molar-refractivity contribution in [2.75, 3.05) is 33.9 Å². The highest BCUT2D eigenvalue weighted by Gasteiger charge is 2.17. The zero-order valence-electron chi connectivity index (χ0n) is 20.8. The van der Waals surface area contributed by atoms with Crippen LogP contribution in [0.5, 0.6) is 17.2 Å². The van der Waals surface area contributed by atoms with Crippen molar-refractivity contribution in [1.29, 1.82) is 0 Å². The molecule has 0 aliphatic carbocycles. The third kappa shape index (κ3) is 8.14. The predicted molar refractivity (Wildman–Crippen MR) is 134 cm³/mol. The van der Waals surface area contributed by atoms with E-state index in [1.807, 2.05) is 57.2 Å². The Hall–Kier alpha value is -3.48. The molecule has 34 heavy (non-hydrogen) atoms. The van der Waals surface area contributed by atoms with E-state index in [-0.39, 0.29) is 24.5 Å². The van der Waals surface area contributed by atoms with Gasteiger partial charge in [-0.3, -0.25) is 9.59 Å². The van der Waals surface area contributed by atoms with Gasteiger partial charge in [-0.25, -0.2) is 0 Å². The first-order chi connectivity index (χ1) is 16.4. The van der Waals surface area contributed by atoms with E-state index in [0.29, 0.717) is 36.9 Å². The van der Waals surface area contributed by atoms with Gasteiger partial charge in [0, 0.05) is 25.7 Å². The minimum Gasteiger partial charge on any atom is -0.490 e. The van der Waals surface area contributed by atoms with E-state index in [4.69, 9.17) is 14.2 Å². The van der Waals surface area contributed by atoms with Crippen LogP contribution >= 0.6 is 0 Å². The number of hydrogen-bond donors (Lipinski definition) is 1. The maximum Gasteiger partial charge on any atom is 0.259 e. The third-order valence-electron chi connectivity index (χ3n) is 5.03. The van der Waals surface area contributed by atoms with Crippen molar-refractivity contribution in [3.8, 4) is 17.2 Å². The molecule has 0 spiro atoms. The van der Waals surface area contributed by atoms with E-state index in [1.54, 1.807) is 26.2 Å². The van der Waals surface area contributed by atoms with Crippen LogP contribution < -0.4 is 19.5 Å². The highest BCUT2D eigenvalue weighted by molar-refractivity contribution is 5.92. The quantitative estimate of drug-likeness (QED) is 0.434. The summed E-state index contributed by atoms with van der Waals surface area (Å²) in [6.45, 7) is 7.03. The molecule has 0 aliphatic rings. The fourth-order valence-electron chi connectivity index (χ4n) is 3.19. The monoisotopic (exact) mass is 468 g/mol.